The highest BCUT2D eigenvalue weighted by atomic mass is 16.5. The summed E-state index contributed by atoms with van der Waals surface area (Å²) in [7, 11) is 0. The largest absolute Gasteiger partial charge is 0.462 e. The summed E-state index contributed by atoms with van der Waals surface area (Å²) < 4.78 is 5.56. The number of esters is 1. The summed E-state index contributed by atoms with van der Waals surface area (Å²) >= 11 is 0. The Bertz CT molecular complexity index is 989. The number of carbonyl (C=O) groups is 1. The third-order valence-corrected chi connectivity index (χ3v) is 6.37. The van der Waals surface area contributed by atoms with E-state index in [2.05, 4.69) is 63.2 Å². The van der Waals surface area contributed by atoms with Crippen LogP contribution < -0.4 is 0 Å². The van der Waals surface area contributed by atoms with Gasteiger partial charge in [0.15, 0.2) is 0 Å². The topological polar surface area (TPSA) is 26.3 Å². The van der Waals surface area contributed by atoms with Gasteiger partial charge in [-0.1, -0.05) is 114 Å². The monoisotopic (exact) mass is 442 g/mol. The first-order valence-electron chi connectivity index (χ1n) is 12.6. The lowest BCUT2D eigenvalue weighted by Gasteiger charge is -2.14. The molecule has 0 aromatic heterocycles. The van der Waals surface area contributed by atoms with E-state index in [0.29, 0.717) is 18.1 Å². The van der Waals surface area contributed by atoms with Crippen LogP contribution in [0.15, 0.2) is 72.8 Å². The van der Waals surface area contributed by atoms with Gasteiger partial charge in [0.2, 0.25) is 0 Å². The summed E-state index contributed by atoms with van der Waals surface area (Å²) in [5.74, 6) is 0.115. The molecule has 3 rings (SSSR count). The Hall–Kier alpha value is -2.87. The third-order valence-electron chi connectivity index (χ3n) is 6.37. The van der Waals surface area contributed by atoms with Gasteiger partial charge in [0.1, 0.15) is 0 Å². The molecule has 3 aromatic rings. The summed E-state index contributed by atoms with van der Waals surface area (Å²) in [6, 6.07) is 25.1. The van der Waals surface area contributed by atoms with Gasteiger partial charge < -0.3 is 4.74 Å². The van der Waals surface area contributed by atoms with Crippen molar-refractivity contribution in [2.75, 3.05) is 6.61 Å². The molecule has 2 heteroatoms. The molecular weight excluding hydrogens is 404 g/mol. The number of ether oxygens (including phenoxy) is 1. The lowest BCUT2D eigenvalue weighted by Crippen LogP contribution is -2.11. The van der Waals surface area contributed by atoms with Crippen LogP contribution in [-0.4, -0.2) is 12.6 Å². The molecule has 0 bridgehead atoms. The molecule has 0 fully saturated rings. The van der Waals surface area contributed by atoms with Gasteiger partial charge in [-0.15, -0.1) is 0 Å². The minimum atomic E-state index is -0.252. The minimum Gasteiger partial charge on any atom is -0.462 e. The molecule has 0 aliphatic carbocycles. The van der Waals surface area contributed by atoms with E-state index in [4.69, 9.17) is 4.74 Å². The van der Waals surface area contributed by atoms with Crippen LogP contribution in [0.4, 0.5) is 0 Å². The van der Waals surface area contributed by atoms with Gasteiger partial charge in [-0.3, -0.25) is 0 Å². The molecule has 3 aromatic carbocycles. The summed E-state index contributed by atoms with van der Waals surface area (Å²) in [5.41, 5.74) is 6.45. The van der Waals surface area contributed by atoms with Gasteiger partial charge in [-0.05, 0) is 58.7 Å². The molecule has 1 atom stereocenters. The Balaban J connectivity index is 1.81. The lowest BCUT2D eigenvalue weighted by atomic mass is 9.92. The van der Waals surface area contributed by atoms with Crippen LogP contribution in [0.25, 0.3) is 22.3 Å². The molecule has 0 radical (unpaired) electrons. The van der Waals surface area contributed by atoms with E-state index in [-0.39, 0.29) is 5.97 Å². The summed E-state index contributed by atoms with van der Waals surface area (Å²) in [5, 5.41) is 0. The standard InChI is InChI=1S/C31H38O2/c1-4-6-7-8-10-13-25-16-18-27(19-17-25)29-21-20-28(31(32)33-23-24(3)5-2)22-30(29)26-14-11-9-12-15-26/h9,11-12,14-22,24H,4-8,10,13,23H2,1-3H3/t24-/m0/s1. The molecule has 0 N–H and O–H groups in total. The average molecular weight is 443 g/mol. The summed E-state index contributed by atoms with van der Waals surface area (Å²) in [6.45, 7) is 6.92. The number of rotatable bonds is 12. The van der Waals surface area contributed by atoms with Crippen molar-refractivity contribution in [2.45, 2.75) is 65.7 Å². The Kier molecular flexibility index (Phi) is 9.75. The zero-order chi connectivity index (χ0) is 23.5. The van der Waals surface area contributed by atoms with E-state index in [1.807, 2.05) is 30.3 Å². The second-order valence-corrected chi connectivity index (χ2v) is 9.10. The molecule has 2 nitrogen and oxygen atoms in total. The van der Waals surface area contributed by atoms with E-state index in [0.717, 1.165) is 29.5 Å². The van der Waals surface area contributed by atoms with Crippen molar-refractivity contribution in [1.82, 2.24) is 0 Å². The number of benzene rings is 3. The van der Waals surface area contributed by atoms with Crippen LogP contribution in [0, 0.1) is 5.92 Å². The minimum absolute atomic E-state index is 0.252. The molecular formula is C31H38O2. The van der Waals surface area contributed by atoms with Crippen LogP contribution >= 0.6 is 0 Å². The van der Waals surface area contributed by atoms with Gasteiger partial charge >= 0.3 is 5.97 Å². The van der Waals surface area contributed by atoms with Crippen LogP contribution in [0.5, 0.6) is 0 Å². The first-order chi connectivity index (χ1) is 16.1. The number of aryl methyl sites for hydroxylation is 1. The maximum Gasteiger partial charge on any atom is 0.338 e. The average Bonchev–Trinajstić information content (AvgIpc) is 2.87. The van der Waals surface area contributed by atoms with E-state index in [1.165, 1.54) is 43.2 Å². The van der Waals surface area contributed by atoms with Crippen molar-refractivity contribution < 1.29 is 9.53 Å². The zero-order valence-corrected chi connectivity index (χ0v) is 20.5. The molecule has 0 spiro atoms. The fourth-order valence-electron chi connectivity index (χ4n) is 3.98. The highest BCUT2D eigenvalue weighted by molar-refractivity contribution is 5.94. The van der Waals surface area contributed by atoms with Crippen molar-refractivity contribution in [3.05, 3.63) is 83.9 Å². The quantitative estimate of drug-likeness (QED) is 0.207. The molecule has 33 heavy (non-hydrogen) atoms. The van der Waals surface area contributed by atoms with Crippen molar-refractivity contribution >= 4 is 5.97 Å². The normalized spacial score (nSPS) is 11.8. The van der Waals surface area contributed by atoms with Crippen molar-refractivity contribution in [3.8, 4) is 22.3 Å². The van der Waals surface area contributed by atoms with Crippen molar-refractivity contribution in [2.24, 2.45) is 5.92 Å². The number of carbonyl (C=O) groups excluding carboxylic acids is 1. The Morgan fingerprint density at radius 1 is 0.788 bits per heavy atom. The summed E-state index contributed by atoms with van der Waals surface area (Å²) in [4.78, 5) is 12.7. The predicted octanol–water partition coefficient (Wildman–Crippen LogP) is 8.74. The van der Waals surface area contributed by atoms with E-state index < -0.39 is 0 Å². The van der Waals surface area contributed by atoms with Crippen molar-refractivity contribution in [3.63, 3.8) is 0 Å². The van der Waals surface area contributed by atoms with Crippen LogP contribution in [0.2, 0.25) is 0 Å². The fourth-order valence-corrected chi connectivity index (χ4v) is 3.98. The van der Waals surface area contributed by atoms with Gasteiger partial charge in [-0.2, -0.15) is 0 Å². The first-order valence-corrected chi connectivity index (χ1v) is 12.6. The van der Waals surface area contributed by atoms with Crippen LogP contribution in [-0.2, 0) is 11.2 Å². The van der Waals surface area contributed by atoms with E-state index in [1.54, 1.807) is 0 Å². The molecule has 0 saturated heterocycles. The first kappa shape index (κ1) is 24.8. The molecule has 0 aliphatic heterocycles. The maximum absolute atomic E-state index is 12.7. The number of unbranched alkanes of at least 4 members (excludes halogenated alkanes) is 4. The lowest BCUT2D eigenvalue weighted by molar-refractivity contribution is 0.0447. The maximum atomic E-state index is 12.7. The molecule has 0 heterocycles. The van der Waals surface area contributed by atoms with Gasteiger partial charge in [-0.25, -0.2) is 4.79 Å². The SMILES string of the molecule is CCCCCCCc1ccc(-c2ccc(C(=O)OC[C@@H](C)CC)cc2-c2ccccc2)cc1. The Morgan fingerprint density at radius 2 is 1.48 bits per heavy atom. The van der Waals surface area contributed by atoms with Crippen molar-refractivity contribution in [1.29, 1.82) is 0 Å². The van der Waals surface area contributed by atoms with Gasteiger partial charge in [0, 0.05) is 0 Å². The zero-order valence-electron chi connectivity index (χ0n) is 20.5. The second-order valence-electron chi connectivity index (χ2n) is 9.10. The Morgan fingerprint density at radius 3 is 2.18 bits per heavy atom. The highest BCUT2D eigenvalue weighted by Crippen LogP contribution is 2.33. The summed E-state index contributed by atoms with van der Waals surface area (Å²) in [6.07, 6.45) is 8.65. The molecule has 0 aliphatic rings. The van der Waals surface area contributed by atoms with E-state index in [9.17, 15) is 4.79 Å². The van der Waals surface area contributed by atoms with Crippen LogP contribution in [0.3, 0.4) is 0 Å². The van der Waals surface area contributed by atoms with Gasteiger partial charge in [0.25, 0.3) is 0 Å². The van der Waals surface area contributed by atoms with E-state index >= 15 is 0 Å². The van der Waals surface area contributed by atoms with Gasteiger partial charge in [0.05, 0.1) is 12.2 Å². The Labute approximate surface area is 200 Å². The third kappa shape index (κ3) is 7.32. The highest BCUT2D eigenvalue weighted by Gasteiger charge is 2.14. The second kappa shape index (κ2) is 13.0. The smallest absolute Gasteiger partial charge is 0.338 e. The predicted molar refractivity (Wildman–Crippen MR) is 140 cm³/mol. The molecule has 174 valence electrons. The number of hydrogen-bond donors (Lipinski definition) is 0. The molecule has 0 saturated carbocycles. The van der Waals surface area contributed by atoms with Crippen LogP contribution in [0.1, 0.15) is 75.2 Å². The molecule has 0 amide bonds. The fraction of sp³-hybridized carbons (Fsp3) is 0.387. The molecule has 0 unspecified atom stereocenters. The number of hydrogen-bond acceptors (Lipinski definition) is 2.